The van der Waals surface area contributed by atoms with Gasteiger partial charge in [-0.2, -0.15) is 0 Å². The Kier molecular flexibility index (Phi) is 3.63. The molecule has 0 unspecified atom stereocenters. The van der Waals surface area contributed by atoms with Gasteiger partial charge < -0.3 is 10.6 Å². The maximum Gasteiger partial charge on any atom is 0.227 e. The van der Waals surface area contributed by atoms with Gasteiger partial charge in [-0.1, -0.05) is 24.6 Å². The first-order chi connectivity index (χ1) is 9.81. The highest BCUT2D eigenvalue weighted by molar-refractivity contribution is 5.92. The molecule has 2 aromatic rings. The number of amides is 1. The molecule has 1 heterocycles. The maximum absolute atomic E-state index is 11.8. The average Bonchev–Trinajstić information content (AvgIpc) is 2.40. The number of pyridine rings is 1. The summed E-state index contributed by atoms with van der Waals surface area (Å²) in [5, 5.41) is 6.11. The summed E-state index contributed by atoms with van der Waals surface area (Å²) in [6.45, 7) is 0. The minimum Gasteiger partial charge on any atom is -0.340 e. The van der Waals surface area contributed by atoms with E-state index in [4.69, 9.17) is 0 Å². The number of anilines is 3. The Morgan fingerprint density at radius 2 is 1.85 bits per heavy atom. The van der Waals surface area contributed by atoms with Crippen LogP contribution in [0.15, 0.2) is 48.7 Å². The second-order valence-electron chi connectivity index (χ2n) is 5.04. The number of aromatic nitrogens is 1. The van der Waals surface area contributed by atoms with Gasteiger partial charge in [0.2, 0.25) is 5.91 Å². The van der Waals surface area contributed by atoms with Crippen molar-refractivity contribution in [1.29, 1.82) is 0 Å². The van der Waals surface area contributed by atoms with Crippen molar-refractivity contribution in [2.75, 3.05) is 10.6 Å². The molecule has 0 bridgehead atoms. The molecule has 1 aromatic carbocycles. The van der Waals surface area contributed by atoms with Crippen molar-refractivity contribution < 1.29 is 4.79 Å². The number of para-hydroxylation sites is 1. The van der Waals surface area contributed by atoms with E-state index in [1.165, 1.54) is 0 Å². The summed E-state index contributed by atoms with van der Waals surface area (Å²) < 4.78 is 0. The molecule has 0 atom stereocenters. The van der Waals surface area contributed by atoms with E-state index in [-0.39, 0.29) is 11.8 Å². The molecular formula is C16H17N3O. The quantitative estimate of drug-likeness (QED) is 0.890. The van der Waals surface area contributed by atoms with Crippen LogP contribution in [0.25, 0.3) is 0 Å². The molecule has 20 heavy (non-hydrogen) atoms. The van der Waals surface area contributed by atoms with Crippen LogP contribution in [0.4, 0.5) is 17.2 Å². The number of benzene rings is 1. The Morgan fingerprint density at radius 1 is 1.05 bits per heavy atom. The summed E-state index contributed by atoms with van der Waals surface area (Å²) in [5.41, 5.74) is 1.74. The van der Waals surface area contributed by atoms with Gasteiger partial charge in [0.05, 0.1) is 11.9 Å². The van der Waals surface area contributed by atoms with Crippen molar-refractivity contribution in [3.05, 3.63) is 48.7 Å². The second-order valence-corrected chi connectivity index (χ2v) is 5.04. The summed E-state index contributed by atoms with van der Waals surface area (Å²) in [6, 6.07) is 13.6. The van der Waals surface area contributed by atoms with Crippen molar-refractivity contribution in [3.8, 4) is 0 Å². The first-order valence-corrected chi connectivity index (χ1v) is 6.90. The highest BCUT2D eigenvalue weighted by Crippen LogP contribution is 2.27. The summed E-state index contributed by atoms with van der Waals surface area (Å²) in [6.07, 6.45) is 4.86. The van der Waals surface area contributed by atoms with E-state index in [0.29, 0.717) is 0 Å². The van der Waals surface area contributed by atoms with Gasteiger partial charge in [0.1, 0.15) is 5.82 Å². The normalized spacial score (nSPS) is 14.4. The molecular weight excluding hydrogens is 250 g/mol. The van der Waals surface area contributed by atoms with Gasteiger partial charge in [0.25, 0.3) is 0 Å². The van der Waals surface area contributed by atoms with E-state index >= 15 is 0 Å². The number of carbonyl (C=O) groups excluding carboxylic acids is 1. The van der Waals surface area contributed by atoms with Gasteiger partial charge in [-0.25, -0.2) is 4.98 Å². The van der Waals surface area contributed by atoms with Gasteiger partial charge in [-0.05, 0) is 37.1 Å². The molecule has 3 rings (SSSR count). The predicted octanol–water partition coefficient (Wildman–Crippen LogP) is 3.56. The first kappa shape index (κ1) is 12.7. The fourth-order valence-electron chi connectivity index (χ4n) is 2.13. The molecule has 0 aliphatic heterocycles. The Labute approximate surface area is 118 Å². The zero-order chi connectivity index (χ0) is 13.8. The van der Waals surface area contributed by atoms with E-state index in [9.17, 15) is 4.79 Å². The minimum atomic E-state index is 0.113. The van der Waals surface area contributed by atoms with Gasteiger partial charge in [0, 0.05) is 11.6 Å². The number of hydrogen-bond acceptors (Lipinski definition) is 3. The summed E-state index contributed by atoms with van der Waals surface area (Å²) in [5.74, 6) is 1.07. The van der Waals surface area contributed by atoms with E-state index in [2.05, 4.69) is 15.6 Å². The summed E-state index contributed by atoms with van der Waals surface area (Å²) in [7, 11) is 0. The third-order valence-corrected chi connectivity index (χ3v) is 3.55. The molecule has 0 saturated heterocycles. The Hall–Kier alpha value is -2.36. The molecule has 0 radical (unpaired) electrons. The fourth-order valence-corrected chi connectivity index (χ4v) is 2.13. The number of hydrogen-bond donors (Lipinski definition) is 2. The highest BCUT2D eigenvalue weighted by Gasteiger charge is 2.25. The van der Waals surface area contributed by atoms with Crippen LogP contribution in [0.3, 0.4) is 0 Å². The second kappa shape index (κ2) is 5.74. The maximum atomic E-state index is 11.8. The molecule has 1 aliphatic rings. The van der Waals surface area contributed by atoms with Crippen LogP contribution < -0.4 is 10.6 Å². The van der Waals surface area contributed by atoms with Crippen LogP contribution in [0.1, 0.15) is 19.3 Å². The lowest BCUT2D eigenvalue weighted by molar-refractivity contribution is -0.122. The number of rotatable bonds is 4. The van der Waals surface area contributed by atoms with Gasteiger partial charge in [0.15, 0.2) is 0 Å². The monoisotopic (exact) mass is 267 g/mol. The topological polar surface area (TPSA) is 54.0 Å². The van der Waals surface area contributed by atoms with Crippen LogP contribution in [-0.2, 0) is 4.79 Å². The largest absolute Gasteiger partial charge is 0.340 e. The fraction of sp³-hybridized carbons (Fsp3) is 0.250. The Balaban J connectivity index is 1.61. The van der Waals surface area contributed by atoms with E-state index < -0.39 is 0 Å². The third kappa shape index (κ3) is 2.96. The molecule has 4 nitrogen and oxygen atoms in total. The van der Waals surface area contributed by atoms with Crippen LogP contribution in [-0.4, -0.2) is 10.9 Å². The number of carbonyl (C=O) groups is 1. The molecule has 1 fully saturated rings. The molecule has 4 heteroatoms. The van der Waals surface area contributed by atoms with Crippen molar-refractivity contribution in [3.63, 3.8) is 0 Å². The number of nitrogens with one attached hydrogen (secondary N) is 2. The van der Waals surface area contributed by atoms with Crippen LogP contribution in [0.5, 0.6) is 0 Å². The number of nitrogens with zero attached hydrogens (tertiary/aromatic N) is 1. The molecule has 1 aromatic heterocycles. The lowest BCUT2D eigenvalue weighted by atomic mass is 9.85. The zero-order valence-electron chi connectivity index (χ0n) is 11.2. The van der Waals surface area contributed by atoms with Crippen LogP contribution in [0, 0.1) is 5.92 Å². The third-order valence-electron chi connectivity index (χ3n) is 3.55. The lowest BCUT2D eigenvalue weighted by Crippen LogP contribution is -2.28. The predicted molar refractivity (Wildman–Crippen MR) is 79.9 cm³/mol. The summed E-state index contributed by atoms with van der Waals surface area (Å²) >= 11 is 0. The average molecular weight is 267 g/mol. The molecule has 0 spiro atoms. The SMILES string of the molecule is O=C(Nc1ccc(Nc2ccccc2)nc1)C1CCC1. The molecule has 2 N–H and O–H groups in total. The molecule has 1 amide bonds. The van der Waals surface area contributed by atoms with E-state index in [0.717, 1.165) is 36.5 Å². The highest BCUT2D eigenvalue weighted by atomic mass is 16.1. The van der Waals surface area contributed by atoms with Crippen molar-refractivity contribution in [1.82, 2.24) is 4.98 Å². The van der Waals surface area contributed by atoms with E-state index in [1.54, 1.807) is 6.20 Å². The standard InChI is InChI=1S/C16H17N3O/c20-16(12-5-4-6-12)19-14-9-10-15(17-11-14)18-13-7-2-1-3-8-13/h1-3,7-12H,4-6H2,(H,17,18)(H,19,20). The minimum absolute atomic E-state index is 0.113. The zero-order valence-corrected chi connectivity index (χ0v) is 11.2. The van der Waals surface area contributed by atoms with Gasteiger partial charge >= 0.3 is 0 Å². The first-order valence-electron chi connectivity index (χ1n) is 6.90. The summed E-state index contributed by atoms with van der Waals surface area (Å²) in [4.78, 5) is 16.1. The van der Waals surface area contributed by atoms with Crippen molar-refractivity contribution in [2.45, 2.75) is 19.3 Å². The molecule has 1 saturated carbocycles. The Morgan fingerprint density at radius 3 is 2.45 bits per heavy atom. The smallest absolute Gasteiger partial charge is 0.227 e. The molecule has 1 aliphatic carbocycles. The van der Waals surface area contributed by atoms with Gasteiger partial charge in [-0.3, -0.25) is 4.79 Å². The Bertz CT molecular complexity index is 576. The molecule has 102 valence electrons. The lowest BCUT2D eigenvalue weighted by Gasteiger charge is -2.23. The van der Waals surface area contributed by atoms with Crippen LogP contribution >= 0.6 is 0 Å². The van der Waals surface area contributed by atoms with Gasteiger partial charge in [-0.15, -0.1) is 0 Å². The van der Waals surface area contributed by atoms with Crippen molar-refractivity contribution in [2.24, 2.45) is 5.92 Å². The van der Waals surface area contributed by atoms with Crippen LogP contribution in [0.2, 0.25) is 0 Å². The van der Waals surface area contributed by atoms with E-state index in [1.807, 2.05) is 42.5 Å². The van der Waals surface area contributed by atoms with Crippen molar-refractivity contribution >= 4 is 23.1 Å².